The molecule has 0 spiro atoms. The number of carbonyl (C=O) groups excluding carboxylic acids is 1. The van der Waals surface area contributed by atoms with E-state index in [2.05, 4.69) is 0 Å². The van der Waals surface area contributed by atoms with Crippen LogP contribution in [0.1, 0.15) is 13.3 Å². The average molecular weight is 231 g/mol. The SMILES string of the molecule is COCCC(=O)N1CC(C(=O)O)O[C@H](C)C1. The van der Waals surface area contributed by atoms with Gasteiger partial charge < -0.3 is 19.5 Å². The molecule has 0 aromatic carbocycles. The number of carboxylic acid groups (broad SMARTS) is 1. The Kier molecular flexibility index (Phi) is 4.70. The van der Waals surface area contributed by atoms with E-state index in [1.165, 1.54) is 12.0 Å². The maximum absolute atomic E-state index is 11.7. The highest BCUT2D eigenvalue weighted by molar-refractivity contribution is 5.78. The molecule has 0 saturated carbocycles. The summed E-state index contributed by atoms with van der Waals surface area (Å²) in [6.07, 6.45) is -0.896. The number of amides is 1. The monoisotopic (exact) mass is 231 g/mol. The molecule has 92 valence electrons. The van der Waals surface area contributed by atoms with Crippen LogP contribution in [0.15, 0.2) is 0 Å². The molecule has 6 heteroatoms. The van der Waals surface area contributed by atoms with Crippen molar-refractivity contribution in [2.24, 2.45) is 0 Å². The molecule has 1 amide bonds. The predicted octanol–water partition coefficient (Wildman–Crippen LogP) is -0.277. The Morgan fingerprint density at radius 3 is 2.75 bits per heavy atom. The topological polar surface area (TPSA) is 76.1 Å². The van der Waals surface area contributed by atoms with Crippen LogP contribution in [0, 0.1) is 0 Å². The van der Waals surface area contributed by atoms with Crippen LogP contribution in [0.25, 0.3) is 0 Å². The molecule has 1 N–H and O–H groups in total. The number of hydrogen-bond donors (Lipinski definition) is 1. The second kappa shape index (κ2) is 5.81. The van der Waals surface area contributed by atoms with Gasteiger partial charge in [-0.15, -0.1) is 0 Å². The smallest absolute Gasteiger partial charge is 0.334 e. The summed E-state index contributed by atoms with van der Waals surface area (Å²) >= 11 is 0. The summed E-state index contributed by atoms with van der Waals surface area (Å²) in [5.41, 5.74) is 0. The van der Waals surface area contributed by atoms with Crippen LogP contribution in [0.5, 0.6) is 0 Å². The third-order valence-electron chi connectivity index (χ3n) is 2.41. The molecule has 1 rings (SSSR count). The van der Waals surface area contributed by atoms with Gasteiger partial charge in [-0.05, 0) is 6.92 Å². The Morgan fingerprint density at radius 1 is 1.50 bits per heavy atom. The number of morpholine rings is 1. The van der Waals surface area contributed by atoms with Gasteiger partial charge in [-0.25, -0.2) is 4.79 Å². The summed E-state index contributed by atoms with van der Waals surface area (Å²) in [4.78, 5) is 24.0. The first kappa shape index (κ1) is 12.9. The van der Waals surface area contributed by atoms with Crippen molar-refractivity contribution in [2.45, 2.75) is 25.6 Å². The fraction of sp³-hybridized carbons (Fsp3) is 0.800. The number of carboxylic acids is 1. The Hall–Kier alpha value is -1.14. The highest BCUT2D eigenvalue weighted by atomic mass is 16.5. The van der Waals surface area contributed by atoms with Gasteiger partial charge >= 0.3 is 5.97 Å². The number of aliphatic carboxylic acids is 1. The Bertz CT molecular complexity index is 268. The molecule has 0 radical (unpaired) electrons. The van der Waals surface area contributed by atoms with Crippen LogP contribution >= 0.6 is 0 Å². The van der Waals surface area contributed by atoms with Crippen LogP contribution in [-0.4, -0.2) is 60.9 Å². The Balaban J connectivity index is 2.53. The molecule has 1 fully saturated rings. The third kappa shape index (κ3) is 3.46. The predicted molar refractivity (Wildman–Crippen MR) is 55.0 cm³/mol. The van der Waals surface area contributed by atoms with Gasteiger partial charge in [0.15, 0.2) is 6.10 Å². The molecule has 0 aromatic rings. The van der Waals surface area contributed by atoms with Crippen LogP contribution in [0.4, 0.5) is 0 Å². The molecule has 0 aliphatic carbocycles. The van der Waals surface area contributed by atoms with E-state index in [4.69, 9.17) is 14.6 Å². The Labute approximate surface area is 94.1 Å². The van der Waals surface area contributed by atoms with Gasteiger partial charge in [0.2, 0.25) is 5.91 Å². The fourth-order valence-corrected chi connectivity index (χ4v) is 1.64. The van der Waals surface area contributed by atoms with E-state index in [1.807, 2.05) is 0 Å². The summed E-state index contributed by atoms with van der Waals surface area (Å²) in [6.45, 7) is 2.66. The van der Waals surface area contributed by atoms with E-state index in [0.29, 0.717) is 13.2 Å². The van der Waals surface area contributed by atoms with Crippen molar-refractivity contribution in [1.29, 1.82) is 0 Å². The average Bonchev–Trinajstić information content (AvgIpc) is 2.24. The zero-order valence-corrected chi connectivity index (χ0v) is 9.51. The van der Waals surface area contributed by atoms with Crippen molar-refractivity contribution in [3.63, 3.8) is 0 Å². The van der Waals surface area contributed by atoms with Crippen molar-refractivity contribution in [2.75, 3.05) is 26.8 Å². The van der Waals surface area contributed by atoms with Crippen molar-refractivity contribution < 1.29 is 24.2 Å². The normalized spacial score (nSPS) is 25.5. The Morgan fingerprint density at radius 2 is 2.19 bits per heavy atom. The van der Waals surface area contributed by atoms with Crippen LogP contribution < -0.4 is 0 Å². The lowest BCUT2D eigenvalue weighted by molar-refractivity contribution is -0.166. The van der Waals surface area contributed by atoms with Crippen molar-refractivity contribution in [1.82, 2.24) is 4.90 Å². The molecule has 16 heavy (non-hydrogen) atoms. The summed E-state index contributed by atoms with van der Waals surface area (Å²) in [7, 11) is 1.52. The van der Waals surface area contributed by atoms with E-state index in [1.54, 1.807) is 6.92 Å². The lowest BCUT2D eigenvalue weighted by atomic mass is 10.2. The molecular weight excluding hydrogens is 214 g/mol. The van der Waals surface area contributed by atoms with Crippen LogP contribution in [0.3, 0.4) is 0 Å². The number of ether oxygens (including phenoxy) is 2. The van der Waals surface area contributed by atoms with E-state index in [-0.39, 0.29) is 25.0 Å². The maximum Gasteiger partial charge on any atom is 0.334 e. The van der Waals surface area contributed by atoms with Gasteiger partial charge in [0.25, 0.3) is 0 Å². The van der Waals surface area contributed by atoms with Crippen LogP contribution in [-0.2, 0) is 19.1 Å². The molecule has 1 unspecified atom stereocenters. The first-order valence-corrected chi connectivity index (χ1v) is 5.19. The molecule has 2 atom stereocenters. The van der Waals surface area contributed by atoms with Crippen molar-refractivity contribution in [3.8, 4) is 0 Å². The zero-order chi connectivity index (χ0) is 12.1. The number of nitrogens with zero attached hydrogens (tertiary/aromatic N) is 1. The minimum Gasteiger partial charge on any atom is -0.479 e. The van der Waals surface area contributed by atoms with Gasteiger partial charge in [-0.1, -0.05) is 0 Å². The second-order valence-corrected chi connectivity index (χ2v) is 3.82. The van der Waals surface area contributed by atoms with E-state index < -0.39 is 12.1 Å². The summed E-state index contributed by atoms with van der Waals surface area (Å²) in [5, 5.41) is 8.84. The summed E-state index contributed by atoms with van der Waals surface area (Å²) < 4.78 is 10.0. The van der Waals surface area contributed by atoms with Gasteiger partial charge in [-0.3, -0.25) is 4.79 Å². The molecule has 0 bridgehead atoms. The fourth-order valence-electron chi connectivity index (χ4n) is 1.64. The zero-order valence-electron chi connectivity index (χ0n) is 9.51. The summed E-state index contributed by atoms with van der Waals surface area (Å²) in [6, 6.07) is 0. The molecule has 1 heterocycles. The third-order valence-corrected chi connectivity index (χ3v) is 2.41. The largest absolute Gasteiger partial charge is 0.479 e. The van der Waals surface area contributed by atoms with E-state index in [9.17, 15) is 9.59 Å². The molecule has 1 aliphatic heterocycles. The van der Waals surface area contributed by atoms with E-state index in [0.717, 1.165) is 0 Å². The van der Waals surface area contributed by atoms with Gasteiger partial charge in [0.1, 0.15) is 0 Å². The molecule has 6 nitrogen and oxygen atoms in total. The standard InChI is InChI=1S/C10H17NO5/c1-7-5-11(9(12)3-4-15-2)6-8(16-7)10(13)14/h7-8H,3-6H2,1-2H3,(H,13,14)/t7-,8?/m1/s1. The molecule has 1 aliphatic rings. The lowest BCUT2D eigenvalue weighted by Crippen LogP contribution is -2.51. The second-order valence-electron chi connectivity index (χ2n) is 3.82. The number of carbonyl (C=O) groups is 2. The maximum atomic E-state index is 11.7. The minimum absolute atomic E-state index is 0.0942. The van der Waals surface area contributed by atoms with Crippen molar-refractivity contribution >= 4 is 11.9 Å². The van der Waals surface area contributed by atoms with Gasteiger partial charge in [0, 0.05) is 13.7 Å². The van der Waals surface area contributed by atoms with Gasteiger partial charge in [-0.2, -0.15) is 0 Å². The lowest BCUT2D eigenvalue weighted by Gasteiger charge is -2.34. The number of methoxy groups -OCH3 is 1. The number of rotatable bonds is 4. The summed E-state index contributed by atoms with van der Waals surface area (Å²) in [5.74, 6) is -1.13. The van der Waals surface area contributed by atoms with Crippen LogP contribution in [0.2, 0.25) is 0 Å². The van der Waals surface area contributed by atoms with Gasteiger partial charge in [0.05, 0.1) is 25.7 Å². The molecule has 1 saturated heterocycles. The molecule has 0 aromatic heterocycles. The highest BCUT2D eigenvalue weighted by Crippen LogP contribution is 2.12. The van der Waals surface area contributed by atoms with Crippen molar-refractivity contribution in [3.05, 3.63) is 0 Å². The number of hydrogen-bond acceptors (Lipinski definition) is 4. The van der Waals surface area contributed by atoms with E-state index >= 15 is 0 Å². The molecular formula is C10H17NO5. The minimum atomic E-state index is -1.03. The highest BCUT2D eigenvalue weighted by Gasteiger charge is 2.32. The quantitative estimate of drug-likeness (QED) is 0.720. The first-order chi connectivity index (χ1) is 7.54. The first-order valence-electron chi connectivity index (χ1n) is 5.19.